The molecule has 1 N–H and O–H groups in total. The Hall–Kier alpha value is -1.25. The van der Waals surface area contributed by atoms with Crippen molar-refractivity contribution in [3.63, 3.8) is 0 Å². The van der Waals surface area contributed by atoms with Crippen LogP contribution in [-0.4, -0.2) is 38.0 Å². The van der Waals surface area contributed by atoms with Gasteiger partial charge in [-0.25, -0.2) is 0 Å². The monoisotopic (exact) mass is 263 g/mol. The van der Waals surface area contributed by atoms with E-state index < -0.39 is 0 Å². The van der Waals surface area contributed by atoms with Crippen LogP contribution in [0.3, 0.4) is 0 Å². The van der Waals surface area contributed by atoms with Crippen molar-refractivity contribution in [1.82, 2.24) is 10.2 Å². The molecule has 0 aliphatic heterocycles. The molecule has 0 heterocycles. The minimum absolute atomic E-state index is 0.990. The molecule has 1 rings (SSSR count). The second-order valence-corrected chi connectivity index (χ2v) is 5.18. The van der Waals surface area contributed by atoms with E-state index in [0.29, 0.717) is 0 Å². The van der Waals surface area contributed by atoms with Gasteiger partial charge < -0.3 is 10.2 Å². The molecule has 0 aromatic heterocycles. The van der Waals surface area contributed by atoms with E-state index in [9.17, 15) is 0 Å². The van der Waals surface area contributed by atoms with Gasteiger partial charge in [-0.15, -0.1) is 6.58 Å². The number of nitrogens with zero attached hydrogens (tertiary/aromatic N) is 2. The maximum Gasteiger partial charge on any atom is 0.193 e. The van der Waals surface area contributed by atoms with E-state index >= 15 is 0 Å². The van der Waals surface area contributed by atoms with Crippen LogP contribution in [0.5, 0.6) is 0 Å². The minimum atomic E-state index is 0.990. The minimum Gasteiger partial charge on any atom is -0.356 e. The van der Waals surface area contributed by atoms with Crippen LogP contribution >= 0.6 is 0 Å². The molecule has 0 fully saturated rings. The third-order valence-corrected chi connectivity index (χ3v) is 3.59. The average Bonchev–Trinajstić information content (AvgIpc) is 2.45. The lowest BCUT2D eigenvalue weighted by atomic mass is 9.97. The highest BCUT2D eigenvalue weighted by molar-refractivity contribution is 5.79. The molecule has 0 amide bonds. The Morgan fingerprint density at radius 2 is 2.37 bits per heavy atom. The SMILES string of the molecule is C=CCCCN(C)C(=NC)NCCC1=CCCCC1. The number of hydrogen-bond acceptors (Lipinski definition) is 1. The Kier molecular flexibility index (Phi) is 8.03. The molecule has 3 nitrogen and oxygen atoms in total. The molecular weight excluding hydrogens is 234 g/mol. The summed E-state index contributed by atoms with van der Waals surface area (Å²) in [5, 5.41) is 3.45. The highest BCUT2D eigenvalue weighted by Gasteiger charge is 2.06. The van der Waals surface area contributed by atoms with E-state index in [-0.39, 0.29) is 0 Å². The lowest BCUT2D eigenvalue weighted by Crippen LogP contribution is -2.39. The first-order valence-corrected chi connectivity index (χ1v) is 7.48. The second kappa shape index (κ2) is 9.65. The van der Waals surface area contributed by atoms with E-state index in [0.717, 1.165) is 38.3 Å². The number of unbranched alkanes of at least 4 members (excludes halogenated alkanes) is 1. The molecule has 3 heteroatoms. The third-order valence-electron chi connectivity index (χ3n) is 3.59. The smallest absolute Gasteiger partial charge is 0.193 e. The standard InChI is InChI=1S/C16H29N3/c1-4-5-9-14-19(3)16(17-2)18-13-12-15-10-7-6-8-11-15/h4,10H,1,5-9,11-14H2,2-3H3,(H,17,18). The molecule has 108 valence electrons. The van der Waals surface area contributed by atoms with Crippen LogP contribution in [0.4, 0.5) is 0 Å². The summed E-state index contributed by atoms with van der Waals surface area (Å²) in [6.45, 7) is 5.77. The van der Waals surface area contributed by atoms with Crippen molar-refractivity contribution in [3.05, 3.63) is 24.3 Å². The molecule has 1 aliphatic carbocycles. The van der Waals surface area contributed by atoms with Crippen molar-refractivity contribution in [3.8, 4) is 0 Å². The van der Waals surface area contributed by atoms with Crippen molar-refractivity contribution < 1.29 is 0 Å². The van der Waals surface area contributed by atoms with Crippen LogP contribution in [-0.2, 0) is 0 Å². The summed E-state index contributed by atoms with van der Waals surface area (Å²) in [7, 11) is 3.95. The van der Waals surface area contributed by atoms with Crippen molar-refractivity contribution in [1.29, 1.82) is 0 Å². The van der Waals surface area contributed by atoms with Gasteiger partial charge in [-0.3, -0.25) is 4.99 Å². The molecule has 0 aromatic carbocycles. The fourth-order valence-electron chi connectivity index (χ4n) is 2.43. The molecule has 0 saturated carbocycles. The normalized spacial score (nSPS) is 15.9. The van der Waals surface area contributed by atoms with Gasteiger partial charge >= 0.3 is 0 Å². The molecular formula is C16H29N3. The van der Waals surface area contributed by atoms with Crippen LogP contribution in [0.25, 0.3) is 0 Å². The summed E-state index contributed by atoms with van der Waals surface area (Å²) in [6.07, 6.45) is 13.0. The van der Waals surface area contributed by atoms with E-state index in [1.807, 2.05) is 13.1 Å². The Bertz CT molecular complexity index is 318. The summed E-state index contributed by atoms with van der Waals surface area (Å²) in [5.74, 6) is 1.00. The summed E-state index contributed by atoms with van der Waals surface area (Å²) in [6, 6.07) is 0. The molecule has 0 bridgehead atoms. The zero-order valence-corrected chi connectivity index (χ0v) is 12.6. The molecule has 0 radical (unpaired) electrons. The van der Waals surface area contributed by atoms with Gasteiger partial charge in [0.15, 0.2) is 5.96 Å². The molecule has 0 atom stereocenters. The molecule has 0 saturated heterocycles. The molecule has 1 aliphatic rings. The lowest BCUT2D eigenvalue weighted by Gasteiger charge is -2.22. The Morgan fingerprint density at radius 3 is 3.00 bits per heavy atom. The van der Waals surface area contributed by atoms with Crippen LogP contribution in [0.2, 0.25) is 0 Å². The van der Waals surface area contributed by atoms with Gasteiger partial charge in [0.2, 0.25) is 0 Å². The van der Waals surface area contributed by atoms with Crippen molar-refractivity contribution in [2.75, 3.05) is 27.2 Å². The summed E-state index contributed by atoms with van der Waals surface area (Å²) < 4.78 is 0. The number of guanidine groups is 1. The van der Waals surface area contributed by atoms with Crippen LogP contribution in [0, 0.1) is 0 Å². The van der Waals surface area contributed by atoms with Gasteiger partial charge in [0.05, 0.1) is 0 Å². The zero-order valence-electron chi connectivity index (χ0n) is 12.6. The number of rotatable bonds is 7. The lowest BCUT2D eigenvalue weighted by molar-refractivity contribution is 0.470. The van der Waals surface area contributed by atoms with E-state index in [2.05, 4.69) is 34.9 Å². The van der Waals surface area contributed by atoms with E-state index in [1.165, 1.54) is 25.7 Å². The summed E-state index contributed by atoms with van der Waals surface area (Å²) in [5.41, 5.74) is 1.61. The number of nitrogens with one attached hydrogen (secondary N) is 1. The Labute approximate surface area is 118 Å². The van der Waals surface area contributed by atoms with Gasteiger partial charge in [0.1, 0.15) is 0 Å². The quantitative estimate of drug-likeness (QED) is 0.330. The highest BCUT2D eigenvalue weighted by Crippen LogP contribution is 2.19. The second-order valence-electron chi connectivity index (χ2n) is 5.18. The van der Waals surface area contributed by atoms with Crippen molar-refractivity contribution in [2.45, 2.75) is 44.9 Å². The fourth-order valence-corrected chi connectivity index (χ4v) is 2.43. The Balaban J connectivity index is 2.24. The maximum absolute atomic E-state index is 4.34. The van der Waals surface area contributed by atoms with Gasteiger partial charge in [-0.05, 0) is 44.9 Å². The predicted molar refractivity (Wildman–Crippen MR) is 84.6 cm³/mol. The molecule has 19 heavy (non-hydrogen) atoms. The molecule has 0 unspecified atom stereocenters. The van der Waals surface area contributed by atoms with Crippen LogP contribution in [0.15, 0.2) is 29.3 Å². The van der Waals surface area contributed by atoms with Crippen molar-refractivity contribution >= 4 is 5.96 Å². The maximum atomic E-state index is 4.34. The summed E-state index contributed by atoms with van der Waals surface area (Å²) in [4.78, 5) is 6.53. The summed E-state index contributed by atoms with van der Waals surface area (Å²) >= 11 is 0. The first-order valence-electron chi connectivity index (χ1n) is 7.48. The third kappa shape index (κ3) is 6.46. The number of aliphatic imine (C=N–C) groups is 1. The highest BCUT2D eigenvalue weighted by atomic mass is 15.3. The van der Waals surface area contributed by atoms with Gasteiger partial charge in [-0.1, -0.05) is 17.7 Å². The first-order chi connectivity index (χ1) is 9.27. The van der Waals surface area contributed by atoms with Gasteiger partial charge in [0, 0.05) is 27.2 Å². The van der Waals surface area contributed by atoms with Crippen LogP contribution in [0.1, 0.15) is 44.9 Å². The number of allylic oxidation sites excluding steroid dienone is 2. The van der Waals surface area contributed by atoms with Crippen molar-refractivity contribution in [2.24, 2.45) is 4.99 Å². The predicted octanol–water partition coefficient (Wildman–Crippen LogP) is 3.35. The van der Waals surface area contributed by atoms with E-state index in [1.54, 1.807) is 5.57 Å². The average molecular weight is 263 g/mol. The zero-order chi connectivity index (χ0) is 13.9. The van der Waals surface area contributed by atoms with Gasteiger partial charge in [0.25, 0.3) is 0 Å². The van der Waals surface area contributed by atoms with Crippen LogP contribution < -0.4 is 5.32 Å². The molecule has 0 aromatic rings. The topological polar surface area (TPSA) is 27.6 Å². The van der Waals surface area contributed by atoms with E-state index in [4.69, 9.17) is 0 Å². The first kappa shape index (κ1) is 15.8. The largest absolute Gasteiger partial charge is 0.356 e. The fraction of sp³-hybridized carbons (Fsp3) is 0.688. The number of hydrogen-bond donors (Lipinski definition) is 1. The van der Waals surface area contributed by atoms with Gasteiger partial charge in [-0.2, -0.15) is 0 Å². The Morgan fingerprint density at radius 1 is 1.53 bits per heavy atom. The molecule has 0 spiro atoms.